The molecule has 96 valence electrons. The summed E-state index contributed by atoms with van der Waals surface area (Å²) in [6.07, 6.45) is 3.39. The van der Waals surface area contributed by atoms with E-state index in [1.165, 1.54) is 11.3 Å². The SMILES string of the molecule is CCC(N(C)C)n1cnc(-c2ccccc2)c1C. The molecule has 0 saturated carbocycles. The van der Waals surface area contributed by atoms with E-state index in [2.05, 4.69) is 66.7 Å². The standard InChI is InChI=1S/C15H21N3/c1-5-14(17(3)4)18-11-16-15(12(18)2)13-9-7-6-8-10-13/h6-11,14H,5H2,1-4H3. The topological polar surface area (TPSA) is 21.1 Å². The first kappa shape index (κ1) is 12.8. The Morgan fingerprint density at radius 1 is 1.22 bits per heavy atom. The maximum Gasteiger partial charge on any atom is 0.0969 e. The van der Waals surface area contributed by atoms with Gasteiger partial charge in [-0.25, -0.2) is 4.98 Å². The third kappa shape index (κ3) is 2.31. The number of hydrogen-bond acceptors (Lipinski definition) is 2. The molecule has 2 aromatic rings. The predicted molar refractivity (Wildman–Crippen MR) is 75.4 cm³/mol. The van der Waals surface area contributed by atoms with Gasteiger partial charge in [0.25, 0.3) is 0 Å². The zero-order chi connectivity index (χ0) is 13.1. The Kier molecular flexibility index (Phi) is 3.82. The average Bonchev–Trinajstić information content (AvgIpc) is 2.73. The lowest BCUT2D eigenvalue weighted by Crippen LogP contribution is -2.25. The lowest BCUT2D eigenvalue weighted by atomic mass is 10.1. The van der Waals surface area contributed by atoms with Crippen LogP contribution in [-0.4, -0.2) is 28.5 Å². The molecule has 1 heterocycles. The van der Waals surface area contributed by atoms with E-state index in [0.29, 0.717) is 6.17 Å². The van der Waals surface area contributed by atoms with Crippen LogP contribution in [0.4, 0.5) is 0 Å². The molecule has 0 saturated heterocycles. The second-order valence-electron chi connectivity index (χ2n) is 4.80. The molecule has 0 radical (unpaired) electrons. The highest BCUT2D eigenvalue weighted by Gasteiger charge is 2.16. The van der Waals surface area contributed by atoms with Gasteiger partial charge in [0, 0.05) is 11.3 Å². The Labute approximate surface area is 109 Å². The van der Waals surface area contributed by atoms with Crippen LogP contribution in [0.25, 0.3) is 11.3 Å². The Hall–Kier alpha value is -1.61. The van der Waals surface area contributed by atoms with Crippen molar-refractivity contribution in [2.24, 2.45) is 0 Å². The molecule has 1 unspecified atom stereocenters. The largest absolute Gasteiger partial charge is 0.318 e. The lowest BCUT2D eigenvalue weighted by molar-refractivity contribution is 0.207. The molecule has 0 aliphatic heterocycles. The average molecular weight is 243 g/mol. The molecule has 0 aliphatic rings. The van der Waals surface area contributed by atoms with Crippen LogP contribution >= 0.6 is 0 Å². The Balaban J connectivity index is 2.40. The summed E-state index contributed by atoms with van der Waals surface area (Å²) < 4.78 is 2.25. The summed E-state index contributed by atoms with van der Waals surface area (Å²) in [5.74, 6) is 0. The van der Waals surface area contributed by atoms with Gasteiger partial charge in [0.1, 0.15) is 0 Å². The third-order valence-electron chi connectivity index (χ3n) is 3.37. The van der Waals surface area contributed by atoms with E-state index >= 15 is 0 Å². The number of aromatic nitrogens is 2. The van der Waals surface area contributed by atoms with Crippen molar-refractivity contribution in [2.45, 2.75) is 26.4 Å². The van der Waals surface area contributed by atoms with E-state index in [9.17, 15) is 0 Å². The molecule has 18 heavy (non-hydrogen) atoms. The zero-order valence-corrected chi connectivity index (χ0v) is 11.6. The van der Waals surface area contributed by atoms with Crippen molar-refractivity contribution in [2.75, 3.05) is 14.1 Å². The van der Waals surface area contributed by atoms with Gasteiger partial charge in [-0.15, -0.1) is 0 Å². The molecule has 0 amide bonds. The Bertz CT molecular complexity index is 500. The fourth-order valence-corrected chi connectivity index (χ4v) is 2.41. The van der Waals surface area contributed by atoms with Crippen LogP contribution in [0.2, 0.25) is 0 Å². The Morgan fingerprint density at radius 3 is 2.44 bits per heavy atom. The van der Waals surface area contributed by atoms with Crippen molar-refractivity contribution in [1.82, 2.24) is 14.5 Å². The van der Waals surface area contributed by atoms with Crippen molar-refractivity contribution in [1.29, 1.82) is 0 Å². The van der Waals surface area contributed by atoms with Crippen molar-refractivity contribution in [3.8, 4) is 11.3 Å². The van der Waals surface area contributed by atoms with Crippen LogP contribution in [0, 0.1) is 6.92 Å². The van der Waals surface area contributed by atoms with Gasteiger partial charge in [-0.05, 0) is 27.4 Å². The first-order valence-corrected chi connectivity index (χ1v) is 6.40. The minimum Gasteiger partial charge on any atom is -0.318 e. The van der Waals surface area contributed by atoms with Gasteiger partial charge in [-0.3, -0.25) is 4.90 Å². The number of benzene rings is 1. The summed E-state index contributed by atoms with van der Waals surface area (Å²) in [5, 5.41) is 0. The fraction of sp³-hybridized carbons (Fsp3) is 0.400. The maximum absolute atomic E-state index is 4.57. The summed E-state index contributed by atoms with van der Waals surface area (Å²) in [4.78, 5) is 6.80. The molecule has 1 aromatic carbocycles. The minimum absolute atomic E-state index is 0.370. The molecule has 0 fully saturated rings. The molecule has 3 heteroatoms. The number of nitrogens with zero attached hydrogens (tertiary/aromatic N) is 3. The highest BCUT2D eigenvalue weighted by atomic mass is 15.3. The smallest absolute Gasteiger partial charge is 0.0969 e. The first-order valence-electron chi connectivity index (χ1n) is 6.40. The normalized spacial score (nSPS) is 12.9. The molecule has 1 atom stereocenters. The van der Waals surface area contributed by atoms with Crippen molar-refractivity contribution in [3.63, 3.8) is 0 Å². The summed E-state index contributed by atoms with van der Waals surface area (Å²) in [5.41, 5.74) is 3.49. The second-order valence-corrected chi connectivity index (χ2v) is 4.80. The highest BCUT2D eigenvalue weighted by Crippen LogP contribution is 2.25. The van der Waals surface area contributed by atoms with E-state index in [1.807, 2.05) is 12.4 Å². The minimum atomic E-state index is 0.370. The van der Waals surface area contributed by atoms with Gasteiger partial charge in [0.2, 0.25) is 0 Å². The first-order chi connectivity index (χ1) is 8.65. The zero-order valence-electron chi connectivity index (χ0n) is 11.6. The third-order valence-corrected chi connectivity index (χ3v) is 3.37. The predicted octanol–water partition coefficient (Wildman–Crippen LogP) is 3.33. The highest BCUT2D eigenvalue weighted by molar-refractivity contribution is 5.61. The monoisotopic (exact) mass is 243 g/mol. The molecule has 1 aromatic heterocycles. The van der Waals surface area contributed by atoms with Crippen LogP contribution in [-0.2, 0) is 0 Å². The van der Waals surface area contributed by atoms with Gasteiger partial charge < -0.3 is 4.57 Å². The molecular weight excluding hydrogens is 222 g/mol. The van der Waals surface area contributed by atoms with Gasteiger partial charge in [-0.1, -0.05) is 37.3 Å². The molecule has 0 bridgehead atoms. The van der Waals surface area contributed by atoms with Crippen molar-refractivity contribution < 1.29 is 0 Å². The van der Waals surface area contributed by atoms with Crippen LogP contribution < -0.4 is 0 Å². The van der Waals surface area contributed by atoms with E-state index in [-0.39, 0.29) is 0 Å². The molecule has 0 aliphatic carbocycles. The van der Waals surface area contributed by atoms with E-state index in [4.69, 9.17) is 0 Å². The van der Waals surface area contributed by atoms with Crippen LogP contribution in [0.3, 0.4) is 0 Å². The summed E-state index contributed by atoms with van der Waals surface area (Å²) in [6.45, 7) is 4.34. The lowest BCUT2D eigenvalue weighted by Gasteiger charge is -2.25. The molecule has 0 spiro atoms. The van der Waals surface area contributed by atoms with Gasteiger partial charge >= 0.3 is 0 Å². The summed E-state index contributed by atoms with van der Waals surface area (Å²) >= 11 is 0. The second kappa shape index (κ2) is 5.36. The van der Waals surface area contributed by atoms with Crippen molar-refractivity contribution >= 4 is 0 Å². The van der Waals surface area contributed by atoms with Gasteiger partial charge in [0.15, 0.2) is 0 Å². The Morgan fingerprint density at radius 2 is 1.89 bits per heavy atom. The number of hydrogen-bond donors (Lipinski definition) is 0. The van der Waals surface area contributed by atoms with Crippen molar-refractivity contribution in [3.05, 3.63) is 42.4 Å². The summed E-state index contributed by atoms with van der Waals surface area (Å²) in [6, 6.07) is 10.4. The molecular formula is C15H21N3. The summed E-state index contributed by atoms with van der Waals surface area (Å²) in [7, 11) is 4.21. The van der Waals surface area contributed by atoms with Gasteiger partial charge in [-0.2, -0.15) is 0 Å². The number of rotatable bonds is 4. The van der Waals surface area contributed by atoms with Crippen LogP contribution in [0.1, 0.15) is 25.2 Å². The van der Waals surface area contributed by atoms with Crippen LogP contribution in [0.5, 0.6) is 0 Å². The van der Waals surface area contributed by atoms with E-state index < -0.39 is 0 Å². The quantitative estimate of drug-likeness (QED) is 0.821. The number of imidazole rings is 1. The van der Waals surface area contributed by atoms with Gasteiger partial charge in [0.05, 0.1) is 18.2 Å². The van der Waals surface area contributed by atoms with Crippen LogP contribution in [0.15, 0.2) is 36.7 Å². The fourth-order valence-electron chi connectivity index (χ4n) is 2.41. The van der Waals surface area contributed by atoms with E-state index in [0.717, 1.165) is 12.1 Å². The molecule has 3 nitrogen and oxygen atoms in total. The maximum atomic E-state index is 4.57. The molecule has 2 rings (SSSR count). The van der Waals surface area contributed by atoms with E-state index in [1.54, 1.807) is 0 Å². The molecule has 0 N–H and O–H groups in total.